The van der Waals surface area contributed by atoms with Crippen molar-refractivity contribution in [2.24, 2.45) is 0 Å². The Kier molecular flexibility index (Phi) is 5.76. The molecule has 0 saturated carbocycles. The smallest absolute Gasteiger partial charge is 0.186 e. The van der Waals surface area contributed by atoms with Gasteiger partial charge in [0.1, 0.15) is 17.7 Å². The molecule has 0 radical (unpaired) electrons. The number of anilines is 1. The number of benzene rings is 1. The molecule has 2 aromatic rings. The van der Waals surface area contributed by atoms with Gasteiger partial charge in [0.2, 0.25) is 0 Å². The zero-order valence-electron chi connectivity index (χ0n) is 12.7. The minimum atomic E-state index is -0.993. The zero-order chi connectivity index (χ0) is 17.8. The molecular weight excluding hydrogens is 415 g/mol. The number of aliphatic hydroxyl groups is 2. The molecule has 7 nitrogen and oxygen atoms in total. The van der Waals surface area contributed by atoms with Crippen molar-refractivity contribution >= 4 is 33.7 Å². The van der Waals surface area contributed by atoms with Gasteiger partial charge in [-0.05, 0) is 52.1 Å². The molecular formula is C15H14BrFN4O3S. The summed E-state index contributed by atoms with van der Waals surface area (Å²) < 4.78 is 21.0. The van der Waals surface area contributed by atoms with Crippen LogP contribution in [0.25, 0.3) is 0 Å². The van der Waals surface area contributed by atoms with Gasteiger partial charge < -0.3 is 14.9 Å². The lowest BCUT2D eigenvalue weighted by Crippen LogP contribution is -2.36. The summed E-state index contributed by atoms with van der Waals surface area (Å²) in [6.07, 6.45) is 0.601. The molecule has 0 amide bonds. The van der Waals surface area contributed by atoms with Gasteiger partial charge in [0.25, 0.3) is 0 Å². The lowest BCUT2D eigenvalue weighted by Gasteiger charge is -2.20. The molecule has 1 aromatic carbocycles. The van der Waals surface area contributed by atoms with Gasteiger partial charge in [-0.15, -0.1) is 0 Å². The summed E-state index contributed by atoms with van der Waals surface area (Å²) >= 11 is 4.57. The van der Waals surface area contributed by atoms with Crippen molar-refractivity contribution in [1.29, 1.82) is 0 Å². The van der Waals surface area contributed by atoms with E-state index in [0.717, 1.165) is 0 Å². The second-order valence-corrected chi connectivity index (χ2v) is 6.68. The molecule has 0 bridgehead atoms. The minimum Gasteiger partial charge on any atom is -0.453 e. The van der Waals surface area contributed by atoms with Crippen LogP contribution in [-0.2, 0) is 0 Å². The normalized spacial score (nSPS) is 15.4. The minimum absolute atomic E-state index is 0.350. The van der Waals surface area contributed by atoms with Gasteiger partial charge in [0.05, 0.1) is 12.3 Å². The highest BCUT2D eigenvalue weighted by atomic mass is 79.9. The monoisotopic (exact) mass is 428 g/mol. The van der Waals surface area contributed by atoms with Gasteiger partial charge in [0, 0.05) is 22.1 Å². The second-order valence-electron chi connectivity index (χ2n) is 4.95. The van der Waals surface area contributed by atoms with E-state index in [9.17, 15) is 9.50 Å². The molecule has 132 valence electrons. The van der Waals surface area contributed by atoms with Crippen LogP contribution in [0.3, 0.4) is 0 Å². The fourth-order valence-corrected chi connectivity index (χ4v) is 2.93. The Morgan fingerprint density at radius 1 is 1.40 bits per heavy atom. The van der Waals surface area contributed by atoms with Crippen molar-refractivity contribution in [3.8, 4) is 11.5 Å². The quantitative estimate of drug-likeness (QED) is 0.522. The number of hydrazine groups is 2. The highest BCUT2D eigenvalue weighted by Crippen LogP contribution is 2.32. The molecule has 0 saturated heterocycles. The Labute approximate surface area is 155 Å². The van der Waals surface area contributed by atoms with Crippen molar-refractivity contribution in [3.05, 3.63) is 57.9 Å². The van der Waals surface area contributed by atoms with Crippen molar-refractivity contribution in [2.45, 2.75) is 6.10 Å². The predicted molar refractivity (Wildman–Crippen MR) is 95.8 cm³/mol. The summed E-state index contributed by atoms with van der Waals surface area (Å²) in [5.41, 5.74) is 6.33. The van der Waals surface area contributed by atoms with Crippen molar-refractivity contribution in [1.82, 2.24) is 14.9 Å². The molecule has 0 aliphatic carbocycles. The molecule has 0 fully saturated rings. The number of nitrogens with one attached hydrogen (secondary N) is 2. The van der Waals surface area contributed by atoms with Crippen LogP contribution >= 0.6 is 27.9 Å². The van der Waals surface area contributed by atoms with E-state index in [4.69, 9.17) is 9.84 Å². The zero-order valence-corrected chi connectivity index (χ0v) is 15.1. The van der Waals surface area contributed by atoms with Crippen LogP contribution in [0.15, 0.2) is 52.1 Å². The number of hydrogen-bond donors (Lipinski definition) is 4. The summed E-state index contributed by atoms with van der Waals surface area (Å²) in [5, 5.41) is 20.3. The number of halogens is 2. The first-order valence-electron chi connectivity index (χ1n) is 7.13. The maximum absolute atomic E-state index is 13.0. The molecule has 3 rings (SSSR count). The van der Waals surface area contributed by atoms with Gasteiger partial charge in [0.15, 0.2) is 11.6 Å². The fraction of sp³-hybridized carbons (Fsp3) is 0.133. The Morgan fingerprint density at radius 2 is 2.16 bits per heavy atom. The van der Waals surface area contributed by atoms with Crippen LogP contribution in [0, 0.1) is 5.82 Å². The average Bonchev–Trinajstić information content (AvgIpc) is 3.07. The van der Waals surface area contributed by atoms with Crippen LogP contribution in [0.4, 0.5) is 10.2 Å². The lowest BCUT2D eigenvalue weighted by molar-refractivity contribution is 0.113. The van der Waals surface area contributed by atoms with E-state index < -0.39 is 6.10 Å². The summed E-state index contributed by atoms with van der Waals surface area (Å²) in [7, 11) is 0. The lowest BCUT2D eigenvalue weighted by atomic mass is 10.3. The number of nitrogens with zero attached hydrogens (tertiary/aromatic N) is 2. The van der Waals surface area contributed by atoms with E-state index in [2.05, 4.69) is 31.8 Å². The van der Waals surface area contributed by atoms with E-state index in [1.165, 1.54) is 40.7 Å². The van der Waals surface area contributed by atoms with Gasteiger partial charge in [-0.3, -0.25) is 10.9 Å². The van der Waals surface area contributed by atoms with E-state index in [1.54, 1.807) is 17.7 Å². The number of ether oxygens (including phenoxy) is 1. The molecule has 0 unspecified atom stereocenters. The maximum atomic E-state index is 13.0. The van der Waals surface area contributed by atoms with E-state index in [1.807, 2.05) is 0 Å². The summed E-state index contributed by atoms with van der Waals surface area (Å²) in [5.74, 6) is 0.929. The molecule has 0 spiro atoms. The number of aliphatic hydroxyl groups excluding tert-OH is 2. The Balaban J connectivity index is 1.73. The van der Waals surface area contributed by atoms with Crippen molar-refractivity contribution < 1.29 is 19.3 Å². The maximum Gasteiger partial charge on any atom is 0.186 e. The summed E-state index contributed by atoms with van der Waals surface area (Å²) in [4.78, 5) is 4.26. The second kappa shape index (κ2) is 8.02. The van der Waals surface area contributed by atoms with E-state index in [-0.39, 0.29) is 12.4 Å². The van der Waals surface area contributed by atoms with Crippen LogP contribution in [0.1, 0.15) is 0 Å². The predicted octanol–water partition coefficient (Wildman–Crippen LogP) is 2.77. The molecule has 1 atom stereocenters. The van der Waals surface area contributed by atoms with Gasteiger partial charge >= 0.3 is 0 Å². The Hall–Kier alpha value is -1.85. The Bertz CT molecular complexity index is 778. The topological polar surface area (TPSA) is 89.9 Å². The fourth-order valence-electron chi connectivity index (χ4n) is 1.89. The van der Waals surface area contributed by atoms with Crippen molar-refractivity contribution in [3.63, 3.8) is 0 Å². The van der Waals surface area contributed by atoms with E-state index in [0.29, 0.717) is 27.5 Å². The SMILES string of the molecule is OC[C@H](O)C1=CSN(Nc2ncc(Br)cc2Oc2ccc(F)cc2)N1. The van der Waals surface area contributed by atoms with E-state index >= 15 is 0 Å². The highest BCUT2D eigenvalue weighted by Gasteiger charge is 2.21. The third-order valence-corrected chi connectivity index (χ3v) is 4.30. The number of rotatable bonds is 6. The first kappa shape index (κ1) is 18.0. The summed E-state index contributed by atoms with van der Waals surface area (Å²) in [6.45, 7) is -0.386. The molecule has 1 aliphatic rings. The van der Waals surface area contributed by atoms with Crippen LogP contribution < -0.4 is 15.6 Å². The third-order valence-electron chi connectivity index (χ3n) is 3.12. The first-order valence-corrected chi connectivity index (χ1v) is 8.76. The standard InChI is InChI=1S/C15H14BrFN4O3S/c16-9-5-14(24-11-3-1-10(17)2-4-11)15(18-6-9)20-21-19-12(8-25-21)13(23)7-22/h1-6,8,13,19,22-23H,7H2,(H,18,20)/t13-/m0/s1. The number of hydrogen-bond acceptors (Lipinski definition) is 8. The Morgan fingerprint density at radius 3 is 2.88 bits per heavy atom. The number of aromatic nitrogens is 1. The van der Waals surface area contributed by atoms with Crippen LogP contribution in [0.5, 0.6) is 11.5 Å². The molecule has 1 aromatic heterocycles. The largest absolute Gasteiger partial charge is 0.453 e. The average molecular weight is 429 g/mol. The third kappa shape index (κ3) is 4.61. The number of pyridine rings is 1. The van der Waals surface area contributed by atoms with Crippen LogP contribution in [-0.4, -0.2) is 32.4 Å². The van der Waals surface area contributed by atoms with Crippen molar-refractivity contribution in [2.75, 3.05) is 12.0 Å². The molecule has 2 heterocycles. The van der Waals surface area contributed by atoms with Gasteiger partial charge in [-0.1, -0.05) is 4.52 Å². The summed E-state index contributed by atoms with van der Waals surface area (Å²) in [6, 6.07) is 7.35. The highest BCUT2D eigenvalue weighted by molar-refractivity contribution is 9.10. The van der Waals surface area contributed by atoms with Crippen LogP contribution in [0.2, 0.25) is 0 Å². The molecule has 25 heavy (non-hydrogen) atoms. The van der Waals surface area contributed by atoms with Gasteiger partial charge in [-0.25, -0.2) is 9.37 Å². The molecule has 1 aliphatic heterocycles. The molecule has 10 heteroatoms. The molecule has 4 N–H and O–H groups in total. The van der Waals surface area contributed by atoms with Gasteiger partial charge in [-0.2, -0.15) is 0 Å². The first-order chi connectivity index (χ1) is 12.0.